The number of aryl methyl sites for hydroxylation is 1. The van der Waals surface area contributed by atoms with Gasteiger partial charge in [0.2, 0.25) is 0 Å². The minimum atomic E-state index is -0.672. The van der Waals surface area contributed by atoms with Crippen molar-refractivity contribution in [3.05, 3.63) is 82.1 Å². The van der Waals surface area contributed by atoms with Gasteiger partial charge in [0.25, 0.3) is 0 Å². The van der Waals surface area contributed by atoms with Crippen LogP contribution in [0.1, 0.15) is 22.8 Å². The molecule has 4 heteroatoms. The summed E-state index contributed by atoms with van der Waals surface area (Å²) in [5.74, 6) is 0. The molecule has 1 heterocycles. The van der Waals surface area contributed by atoms with Gasteiger partial charge in [-0.1, -0.05) is 46.3 Å². The zero-order valence-electron chi connectivity index (χ0n) is 11.6. The highest BCUT2D eigenvalue weighted by Crippen LogP contribution is 2.26. The third kappa shape index (κ3) is 2.91. The average molecular weight is 343 g/mol. The molecule has 0 aliphatic rings. The first-order valence-electron chi connectivity index (χ1n) is 6.69. The molecule has 1 unspecified atom stereocenters. The van der Waals surface area contributed by atoms with Crippen LogP contribution in [0.25, 0.3) is 5.69 Å². The van der Waals surface area contributed by atoms with Crippen molar-refractivity contribution in [2.75, 3.05) is 0 Å². The third-order valence-corrected chi connectivity index (χ3v) is 4.33. The second kappa shape index (κ2) is 5.84. The number of aliphatic hydroxyl groups excluding tert-OH is 1. The smallest absolute Gasteiger partial charge is 0.107 e. The van der Waals surface area contributed by atoms with Gasteiger partial charge in [0.1, 0.15) is 6.10 Å². The summed E-state index contributed by atoms with van der Waals surface area (Å²) in [6.07, 6.45) is 2.89. The summed E-state index contributed by atoms with van der Waals surface area (Å²) in [5.41, 5.74) is 3.72. The third-order valence-electron chi connectivity index (χ3n) is 3.44. The second-order valence-corrected chi connectivity index (χ2v) is 5.82. The number of hydrogen-bond donors (Lipinski definition) is 1. The Bertz CT molecular complexity index is 752. The standard InChI is InChI=1S/C17H15BrN2O/c1-12-9-13(7-8-16(12)18)17(21)14-10-19-20(11-14)15-5-3-2-4-6-15/h2-11,17,21H,1H3. The lowest BCUT2D eigenvalue weighted by atomic mass is 10.0. The number of aliphatic hydroxyl groups is 1. The van der Waals surface area contributed by atoms with Crippen molar-refractivity contribution >= 4 is 15.9 Å². The number of benzene rings is 2. The van der Waals surface area contributed by atoms with Crippen molar-refractivity contribution < 1.29 is 5.11 Å². The number of para-hydroxylation sites is 1. The average Bonchev–Trinajstić information content (AvgIpc) is 3.00. The van der Waals surface area contributed by atoms with E-state index in [4.69, 9.17) is 0 Å². The molecular formula is C17H15BrN2O. The Morgan fingerprint density at radius 1 is 1.10 bits per heavy atom. The molecule has 0 amide bonds. The predicted molar refractivity (Wildman–Crippen MR) is 86.5 cm³/mol. The maximum atomic E-state index is 10.5. The molecule has 106 valence electrons. The highest BCUT2D eigenvalue weighted by atomic mass is 79.9. The van der Waals surface area contributed by atoms with Crippen molar-refractivity contribution in [2.24, 2.45) is 0 Å². The molecule has 3 rings (SSSR count). The molecule has 1 aromatic heterocycles. The van der Waals surface area contributed by atoms with Crippen molar-refractivity contribution in [1.29, 1.82) is 0 Å². The molecule has 0 fully saturated rings. The van der Waals surface area contributed by atoms with Gasteiger partial charge in [-0.05, 0) is 36.2 Å². The zero-order valence-corrected chi connectivity index (χ0v) is 13.2. The van der Waals surface area contributed by atoms with Gasteiger partial charge in [-0.2, -0.15) is 5.10 Å². The summed E-state index contributed by atoms with van der Waals surface area (Å²) >= 11 is 3.47. The number of aromatic nitrogens is 2. The van der Waals surface area contributed by atoms with E-state index in [9.17, 15) is 5.11 Å². The molecule has 3 aromatic rings. The van der Waals surface area contributed by atoms with Crippen molar-refractivity contribution in [2.45, 2.75) is 13.0 Å². The zero-order chi connectivity index (χ0) is 14.8. The van der Waals surface area contributed by atoms with E-state index in [1.165, 1.54) is 0 Å². The Balaban J connectivity index is 1.90. The van der Waals surface area contributed by atoms with E-state index >= 15 is 0 Å². The van der Waals surface area contributed by atoms with E-state index in [2.05, 4.69) is 21.0 Å². The Kier molecular flexibility index (Phi) is 3.90. The summed E-state index contributed by atoms with van der Waals surface area (Å²) in [5, 5.41) is 14.8. The minimum absolute atomic E-state index is 0.672. The molecular weight excluding hydrogens is 328 g/mol. The molecule has 0 aliphatic heterocycles. The maximum Gasteiger partial charge on any atom is 0.107 e. The molecule has 0 saturated carbocycles. The predicted octanol–water partition coefficient (Wildman–Crippen LogP) is 4.02. The van der Waals surface area contributed by atoms with Gasteiger partial charge in [0.15, 0.2) is 0 Å². The van der Waals surface area contributed by atoms with Gasteiger partial charge in [-0.3, -0.25) is 0 Å². The second-order valence-electron chi connectivity index (χ2n) is 4.96. The van der Waals surface area contributed by atoms with E-state index in [0.29, 0.717) is 0 Å². The number of halogens is 1. The number of hydrogen-bond acceptors (Lipinski definition) is 2. The summed E-state index contributed by atoms with van der Waals surface area (Å²) in [7, 11) is 0. The Hall–Kier alpha value is -1.91. The SMILES string of the molecule is Cc1cc(C(O)c2cnn(-c3ccccc3)c2)ccc1Br. The van der Waals surface area contributed by atoms with Crippen LogP contribution >= 0.6 is 15.9 Å². The van der Waals surface area contributed by atoms with Crippen molar-refractivity contribution in [3.63, 3.8) is 0 Å². The summed E-state index contributed by atoms with van der Waals surface area (Å²) < 4.78 is 2.81. The summed E-state index contributed by atoms with van der Waals surface area (Å²) in [6, 6.07) is 15.7. The molecule has 3 nitrogen and oxygen atoms in total. The van der Waals surface area contributed by atoms with E-state index in [1.54, 1.807) is 10.9 Å². The Labute approximate surface area is 132 Å². The Morgan fingerprint density at radius 3 is 2.57 bits per heavy atom. The summed E-state index contributed by atoms with van der Waals surface area (Å²) in [4.78, 5) is 0. The van der Waals surface area contributed by atoms with Crippen LogP contribution in [0, 0.1) is 6.92 Å². The quantitative estimate of drug-likeness (QED) is 0.780. The van der Waals surface area contributed by atoms with Gasteiger partial charge in [0, 0.05) is 16.2 Å². The molecule has 21 heavy (non-hydrogen) atoms. The molecule has 0 bridgehead atoms. The Morgan fingerprint density at radius 2 is 1.86 bits per heavy atom. The highest BCUT2D eigenvalue weighted by molar-refractivity contribution is 9.10. The minimum Gasteiger partial charge on any atom is -0.384 e. The molecule has 2 aromatic carbocycles. The van der Waals surface area contributed by atoms with Crippen LogP contribution in [0.15, 0.2) is 65.4 Å². The number of nitrogens with zero attached hydrogens (tertiary/aromatic N) is 2. The fraction of sp³-hybridized carbons (Fsp3) is 0.118. The lowest BCUT2D eigenvalue weighted by Crippen LogP contribution is -1.99. The highest BCUT2D eigenvalue weighted by Gasteiger charge is 2.14. The van der Waals surface area contributed by atoms with E-state index in [0.717, 1.165) is 26.9 Å². The first kappa shape index (κ1) is 14.0. The van der Waals surface area contributed by atoms with Crippen LogP contribution in [0.2, 0.25) is 0 Å². The van der Waals surface area contributed by atoms with Crippen molar-refractivity contribution in [1.82, 2.24) is 9.78 Å². The number of rotatable bonds is 3. The molecule has 1 atom stereocenters. The lowest BCUT2D eigenvalue weighted by Gasteiger charge is -2.10. The fourth-order valence-electron chi connectivity index (χ4n) is 2.23. The van der Waals surface area contributed by atoms with E-state index in [-0.39, 0.29) is 0 Å². The molecule has 1 N–H and O–H groups in total. The van der Waals surface area contributed by atoms with Crippen molar-refractivity contribution in [3.8, 4) is 5.69 Å². The first-order valence-corrected chi connectivity index (χ1v) is 7.48. The fourth-order valence-corrected chi connectivity index (χ4v) is 2.48. The normalized spacial score (nSPS) is 12.3. The summed E-state index contributed by atoms with van der Waals surface area (Å²) in [6.45, 7) is 2.01. The van der Waals surface area contributed by atoms with Crippen LogP contribution in [-0.2, 0) is 0 Å². The van der Waals surface area contributed by atoms with Gasteiger partial charge in [-0.25, -0.2) is 4.68 Å². The van der Waals surface area contributed by atoms with Crippen LogP contribution in [-0.4, -0.2) is 14.9 Å². The van der Waals surface area contributed by atoms with Gasteiger partial charge >= 0.3 is 0 Å². The largest absolute Gasteiger partial charge is 0.384 e. The van der Waals surface area contributed by atoms with Crippen LogP contribution in [0.5, 0.6) is 0 Å². The van der Waals surface area contributed by atoms with Crippen LogP contribution < -0.4 is 0 Å². The maximum absolute atomic E-state index is 10.5. The first-order chi connectivity index (χ1) is 10.1. The molecule has 0 aliphatic carbocycles. The van der Waals surface area contributed by atoms with Gasteiger partial charge in [0.05, 0.1) is 11.9 Å². The van der Waals surface area contributed by atoms with Gasteiger partial charge < -0.3 is 5.11 Å². The van der Waals surface area contributed by atoms with Crippen LogP contribution in [0.3, 0.4) is 0 Å². The lowest BCUT2D eigenvalue weighted by molar-refractivity contribution is 0.220. The monoisotopic (exact) mass is 342 g/mol. The molecule has 0 radical (unpaired) electrons. The van der Waals surface area contributed by atoms with Crippen LogP contribution in [0.4, 0.5) is 0 Å². The molecule has 0 spiro atoms. The topological polar surface area (TPSA) is 38.1 Å². The van der Waals surface area contributed by atoms with E-state index < -0.39 is 6.10 Å². The van der Waals surface area contributed by atoms with Gasteiger partial charge in [-0.15, -0.1) is 0 Å². The molecule has 0 saturated heterocycles. The van der Waals surface area contributed by atoms with E-state index in [1.807, 2.05) is 61.7 Å².